The second kappa shape index (κ2) is 10.8. The molecule has 2 amide bonds. The first-order valence-corrected chi connectivity index (χ1v) is 10.6. The van der Waals surface area contributed by atoms with Crippen LogP contribution in [0.2, 0.25) is 0 Å². The zero-order valence-corrected chi connectivity index (χ0v) is 18.0. The second-order valence-electron chi connectivity index (χ2n) is 7.89. The molecule has 0 saturated carbocycles. The van der Waals surface area contributed by atoms with Crippen LogP contribution in [-0.4, -0.2) is 54.3 Å². The Morgan fingerprint density at radius 1 is 1.17 bits per heavy atom. The summed E-state index contributed by atoms with van der Waals surface area (Å²) in [5.74, 6) is -0.310. The van der Waals surface area contributed by atoms with Crippen LogP contribution >= 0.6 is 0 Å². The third-order valence-electron chi connectivity index (χ3n) is 5.75. The van der Waals surface area contributed by atoms with Gasteiger partial charge in [-0.2, -0.15) is 13.2 Å². The highest BCUT2D eigenvalue weighted by Gasteiger charge is 2.30. The number of nitrogens with zero attached hydrogens (tertiary/aromatic N) is 2. The molecule has 168 valence electrons. The van der Waals surface area contributed by atoms with Crippen molar-refractivity contribution in [1.82, 2.24) is 15.1 Å². The number of alkyl halides is 3. The van der Waals surface area contributed by atoms with Crippen LogP contribution in [0, 0.1) is 5.92 Å². The molecule has 1 aromatic rings. The van der Waals surface area contributed by atoms with Crippen molar-refractivity contribution in [2.75, 3.05) is 26.7 Å². The number of hydrogen-bond acceptors (Lipinski definition) is 3. The molecule has 2 unspecified atom stereocenters. The molecule has 1 aliphatic heterocycles. The third-order valence-corrected chi connectivity index (χ3v) is 5.75. The van der Waals surface area contributed by atoms with Crippen molar-refractivity contribution >= 4 is 11.8 Å². The quantitative estimate of drug-likeness (QED) is 0.754. The summed E-state index contributed by atoms with van der Waals surface area (Å²) in [4.78, 5) is 28.8. The molecule has 5 nitrogen and oxygen atoms in total. The first-order chi connectivity index (χ1) is 14.2. The van der Waals surface area contributed by atoms with Crippen LogP contribution in [-0.2, 0) is 22.3 Å². The van der Waals surface area contributed by atoms with Gasteiger partial charge < -0.3 is 15.1 Å². The van der Waals surface area contributed by atoms with Crippen molar-refractivity contribution in [3.05, 3.63) is 35.4 Å². The van der Waals surface area contributed by atoms with Crippen LogP contribution in [0.3, 0.4) is 0 Å². The standard InChI is InChI=1S/C22H32F3N3O2/c1-4-28(5-2)21(30)17-7-6-8-19(15-27(3)20(29)13-17)26-14-16-9-11-18(12-10-16)22(23,24)25/h9-12,17,19,26H,4-8,13-15H2,1-3H3. The normalized spacial score (nSPS) is 21.0. The fourth-order valence-electron chi connectivity index (χ4n) is 3.85. The van der Waals surface area contributed by atoms with Crippen molar-refractivity contribution in [3.63, 3.8) is 0 Å². The van der Waals surface area contributed by atoms with Crippen LogP contribution in [0.25, 0.3) is 0 Å². The van der Waals surface area contributed by atoms with Gasteiger partial charge in [-0.25, -0.2) is 0 Å². The van der Waals surface area contributed by atoms with E-state index in [2.05, 4.69) is 5.32 Å². The molecule has 1 fully saturated rings. The average Bonchev–Trinajstić information content (AvgIpc) is 2.77. The summed E-state index contributed by atoms with van der Waals surface area (Å²) in [5.41, 5.74) is 0.0920. The topological polar surface area (TPSA) is 52.7 Å². The Bertz CT molecular complexity index is 703. The molecule has 0 spiro atoms. The number of rotatable bonds is 6. The highest BCUT2D eigenvalue weighted by Crippen LogP contribution is 2.29. The van der Waals surface area contributed by atoms with Crippen molar-refractivity contribution in [1.29, 1.82) is 0 Å². The van der Waals surface area contributed by atoms with Gasteiger partial charge in [-0.3, -0.25) is 9.59 Å². The lowest BCUT2D eigenvalue weighted by molar-refractivity contribution is -0.140. The molecule has 2 rings (SSSR count). The van der Waals surface area contributed by atoms with Crippen molar-refractivity contribution in [2.45, 2.75) is 58.3 Å². The molecule has 30 heavy (non-hydrogen) atoms. The fraction of sp³-hybridized carbons (Fsp3) is 0.636. The maximum absolute atomic E-state index is 12.7. The van der Waals surface area contributed by atoms with E-state index in [-0.39, 0.29) is 30.2 Å². The minimum atomic E-state index is -4.34. The Labute approximate surface area is 176 Å². The lowest BCUT2D eigenvalue weighted by Crippen LogP contribution is -2.42. The van der Waals surface area contributed by atoms with Gasteiger partial charge in [0, 0.05) is 51.6 Å². The number of amides is 2. The molecule has 0 bridgehead atoms. The van der Waals surface area contributed by atoms with Crippen LogP contribution < -0.4 is 5.32 Å². The van der Waals surface area contributed by atoms with Gasteiger partial charge in [0.25, 0.3) is 0 Å². The maximum atomic E-state index is 12.7. The van der Waals surface area contributed by atoms with Crippen molar-refractivity contribution < 1.29 is 22.8 Å². The summed E-state index contributed by atoms with van der Waals surface area (Å²) in [5, 5.41) is 3.36. The zero-order chi connectivity index (χ0) is 22.3. The molecule has 1 heterocycles. The summed E-state index contributed by atoms with van der Waals surface area (Å²) in [6.07, 6.45) is -1.86. The van der Waals surface area contributed by atoms with Gasteiger partial charge in [-0.05, 0) is 44.4 Å². The van der Waals surface area contributed by atoms with Crippen LogP contribution in [0.1, 0.15) is 50.7 Å². The number of halogens is 3. The average molecular weight is 428 g/mol. The minimum Gasteiger partial charge on any atom is -0.344 e. The number of carbonyl (C=O) groups is 2. The number of hydrogen-bond donors (Lipinski definition) is 1. The fourth-order valence-corrected chi connectivity index (χ4v) is 3.85. The molecular formula is C22H32F3N3O2. The highest BCUT2D eigenvalue weighted by molar-refractivity contribution is 5.85. The summed E-state index contributed by atoms with van der Waals surface area (Å²) >= 11 is 0. The Kier molecular flexibility index (Phi) is 8.70. The van der Waals surface area contributed by atoms with Gasteiger partial charge in [0.2, 0.25) is 11.8 Å². The Balaban J connectivity index is 1.98. The predicted molar refractivity (Wildman–Crippen MR) is 110 cm³/mol. The molecule has 1 N–H and O–H groups in total. The van der Waals surface area contributed by atoms with Gasteiger partial charge >= 0.3 is 6.18 Å². The summed E-state index contributed by atoms with van der Waals surface area (Å²) in [6.45, 7) is 6.07. The summed E-state index contributed by atoms with van der Waals surface area (Å²) in [6, 6.07) is 5.12. The van der Waals surface area contributed by atoms with E-state index in [1.165, 1.54) is 12.1 Å². The van der Waals surface area contributed by atoms with Gasteiger partial charge in [0.05, 0.1) is 5.56 Å². The molecule has 0 aliphatic carbocycles. The third kappa shape index (κ3) is 6.72. The first-order valence-electron chi connectivity index (χ1n) is 10.6. The number of carbonyl (C=O) groups excluding carboxylic acids is 2. The number of likely N-dealkylation sites (N-methyl/N-ethyl adjacent to an activating group) is 1. The van der Waals surface area contributed by atoms with Crippen molar-refractivity contribution in [3.8, 4) is 0 Å². The molecule has 2 atom stereocenters. The van der Waals surface area contributed by atoms with E-state index in [1.807, 2.05) is 13.8 Å². The summed E-state index contributed by atoms with van der Waals surface area (Å²) < 4.78 is 38.1. The molecule has 0 radical (unpaired) electrons. The highest BCUT2D eigenvalue weighted by atomic mass is 19.4. The van der Waals surface area contributed by atoms with Gasteiger partial charge in [0.15, 0.2) is 0 Å². The number of nitrogens with one attached hydrogen (secondary N) is 1. The largest absolute Gasteiger partial charge is 0.416 e. The van der Waals surface area contributed by atoms with Gasteiger partial charge in [-0.15, -0.1) is 0 Å². The van der Waals surface area contributed by atoms with Gasteiger partial charge in [-0.1, -0.05) is 18.6 Å². The van der Waals surface area contributed by atoms with E-state index in [1.54, 1.807) is 16.8 Å². The monoisotopic (exact) mass is 427 g/mol. The lowest BCUT2D eigenvalue weighted by atomic mass is 9.95. The summed E-state index contributed by atoms with van der Waals surface area (Å²) in [7, 11) is 1.74. The van der Waals surface area contributed by atoms with E-state index in [4.69, 9.17) is 0 Å². The smallest absolute Gasteiger partial charge is 0.344 e. The second-order valence-corrected chi connectivity index (χ2v) is 7.89. The van der Waals surface area contributed by atoms with Crippen LogP contribution in [0.4, 0.5) is 13.2 Å². The molecule has 1 aromatic carbocycles. The Morgan fingerprint density at radius 2 is 1.80 bits per heavy atom. The lowest BCUT2D eigenvalue weighted by Gasteiger charge is -2.26. The molecular weight excluding hydrogens is 395 g/mol. The molecule has 0 aromatic heterocycles. The van der Waals surface area contributed by atoms with E-state index in [0.717, 1.165) is 30.5 Å². The molecule has 8 heteroatoms. The molecule has 1 aliphatic rings. The molecule has 1 saturated heterocycles. The maximum Gasteiger partial charge on any atom is 0.416 e. The predicted octanol–water partition coefficient (Wildman–Crippen LogP) is 3.68. The van der Waals surface area contributed by atoms with Crippen molar-refractivity contribution in [2.24, 2.45) is 5.92 Å². The Hall–Kier alpha value is -2.09. The van der Waals surface area contributed by atoms with Gasteiger partial charge in [0.1, 0.15) is 0 Å². The van der Waals surface area contributed by atoms with Crippen LogP contribution in [0.15, 0.2) is 24.3 Å². The zero-order valence-electron chi connectivity index (χ0n) is 18.0. The SMILES string of the molecule is CCN(CC)C(=O)C1CCCC(NCc2ccc(C(F)(F)F)cc2)CN(C)C(=O)C1. The van der Waals surface area contributed by atoms with E-state index >= 15 is 0 Å². The minimum absolute atomic E-state index is 0.0172. The number of benzene rings is 1. The first kappa shape index (κ1) is 24.2. The van der Waals surface area contributed by atoms with Crippen LogP contribution in [0.5, 0.6) is 0 Å². The van der Waals surface area contributed by atoms with E-state index < -0.39 is 11.7 Å². The van der Waals surface area contributed by atoms with E-state index in [0.29, 0.717) is 32.6 Å². The Morgan fingerprint density at radius 3 is 2.37 bits per heavy atom. The van der Waals surface area contributed by atoms with E-state index in [9.17, 15) is 22.8 Å².